The zero-order valence-corrected chi connectivity index (χ0v) is 5.81. The van der Waals surface area contributed by atoms with Gasteiger partial charge in [-0.15, -0.1) is 0 Å². The Labute approximate surface area is 64.8 Å². The van der Waals surface area contributed by atoms with Gasteiger partial charge in [-0.3, -0.25) is 4.98 Å². The zero-order chi connectivity index (χ0) is 7.52. The molecule has 0 bridgehead atoms. The minimum Gasteiger partial charge on any atom is -0.525 e. The lowest BCUT2D eigenvalue weighted by Gasteiger charge is -2.02. The minimum absolute atomic E-state index is 0.280. The number of aromatic nitrogens is 1. The maximum atomic E-state index is 5.11. The molecule has 1 aliphatic heterocycles. The highest BCUT2D eigenvalue weighted by molar-refractivity contribution is 6.62. The molecule has 0 atom stereocenters. The van der Waals surface area contributed by atoms with Crippen LogP contribution in [-0.4, -0.2) is 12.1 Å². The number of nitrogens with zero attached hydrogens (tertiary/aromatic N) is 1. The Morgan fingerprint density at radius 3 is 2.36 bits per heavy atom. The standard InChI is InChI=1S/C7H6BNO2/c1-3-9-4-2-7(1)8-10-5-6-11-8/h1-6H. The van der Waals surface area contributed by atoms with Crippen LogP contribution in [0.5, 0.6) is 0 Å². The van der Waals surface area contributed by atoms with E-state index in [4.69, 9.17) is 9.31 Å². The number of hydrogen-bond acceptors (Lipinski definition) is 3. The third-order valence-electron chi connectivity index (χ3n) is 1.44. The third-order valence-corrected chi connectivity index (χ3v) is 1.44. The van der Waals surface area contributed by atoms with Crippen molar-refractivity contribution in [3.05, 3.63) is 37.1 Å². The predicted molar refractivity (Wildman–Crippen MR) is 40.9 cm³/mol. The van der Waals surface area contributed by atoms with Gasteiger partial charge in [0.25, 0.3) is 0 Å². The van der Waals surface area contributed by atoms with Crippen molar-refractivity contribution in [2.75, 3.05) is 0 Å². The van der Waals surface area contributed by atoms with Gasteiger partial charge in [0.15, 0.2) is 0 Å². The molecule has 0 spiro atoms. The van der Waals surface area contributed by atoms with Gasteiger partial charge in [-0.2, -0.15) is 0 Å². The van der Waals surface area contributed by atoms with E-state index in [2.05, 4.69) is 4.98 Å². The quantitative estimate of drug-likeness (QED) is 0.535. The first-order chi connectivity index (χ1) is 5.47. The first-order valence-electron chi connectivity index (χ1n) is 3.33. The fourth-order valence-corrected chi connectivity index (χ4v) is 0.917. The largest absolute Gasteiger partial charge is 0.632 e. The average Bonchev–Trinajstić information content (AvgIpc) is 2.58. The second-order valence-corrected chi connectivity index (χ2v) is 2.16. The molecule has 4 heteroatoms. The molecular formula is C7H6BNO2. The van der Waals surface area contributed by atoms with Crippen molar-refractivity contribution in [3.63, 3.8) is 0 Å². The average molecular weight is 147 g/mol. The first kappa shape index (κ1) is 6.28. The van der Waals surface area contributed by atoms with Gasteiger partial charge in [0.2, 0.25) is 0 Å². The molecule has 3 nitrogen and oxygen atoms in total. The van der Waals surface area contributed by atoms with Crippen LogP contribution < -0.4 is 5.46 Å². The van der Waals surface area contributed by atoms with E-state index in [1.165, 1.54) is 12.5 Å². The summed E-state index contributed by atoms with van der Waals surface area (Å²) in [7, 11) is -0.280. The minimum atomic E-state index is -0.280. The van der Waals surface area contributed by atoms with E-state index in [0.717, 1.165) is 5.46 Å². The van der Waals surface area contributed by atoms with E-state index in [1.54, 1.807) is 12.4 Å². The summed E-state index contributed by atoms with van der Waals surface area (Å²) in [6.07, 6.45) is 6.48. The van der Waals surface area contributed by atoms with Crippen LogP contribution in [0.2, 0.25) is 0 Å². The van der Waals surface area contributed by atoms with Crippen molar-refractivity contribution in [3.8, 4) is 0 Å². The summed E-state index contributed by atoms with van der Waals surface area (Å²) in [5, 5.41) is 0. The molecule has 2 rings (SSSR count). The van der Waals surface area contributed by atoms with Gasteiger partial charge in [0.1, 0.15) is 0 Å². The Kier molecular flexibility index (Phi) is 1.52. The van der Waals surface area contributed by atoms with Crippen LogP contribution in [0.4, 0.5) is 0 Å². The summed E-state index contributed by atoms with van der Waals surface area (Å²) in [4.78, 5) is 3.89. The van der Waals surface area contributed by atoms with Gasteiger partial charge < -0.3 is 9.31 Å². The van der Waals surface area contributed by atoms with Crippen LogP contribution in [0.25, 0.3) is 0 Å². The molecule has 0 aromatic carbocycles. The predicted octanol–water partition coefficient (Wildman–Crippen LogP) is 0.295. The lowest BCUT2D eigenvalue weighted by Crippen LogP contribution is -2.31. The molecule has 0 aliphatic carbocycles. The van der Waals surface area contributed by atoms with Crippen molar-refractivity contribution in [1.82, 2.24) is 4.98 Å². The van der Waals surface area contributed by atoms with E-state index in [9.17, 15) is 0 Å². The van der Waals surface area contributed by atoms with Gasteiger partial charge in [-0.25, -0.2) is 0 Å². The van der Waals surface area contributed by atoms with Crippen molar-refractivity contribution >= 4 is 12.6 Å². The second-order valence-electron chi connectivity index (χ2n) is 2.16. The van der Waals surface area contributed by atoms with Crippen LogP contribution in [0, 0.1) is 0 Å². The van der Waals surface area contributed by atoms with Crippen LogP contribution in [0.3, 0.4) is 0 Å². The van der Waals surface area contributed by atoms with E-state index < -0.39 is 0 Å². The Morgan fingerprint density at radius 1 is 1.09 bits per heavy atom. The zero-order valence-electron chi connectivity index (χ0n) is 5.81. The van der Waals surface area contributed by atoms with Crippen molar-refractivity contribution in [2.24, 2.45) is 0 Å². The van der Waals surface area contributed by atoms with Gasteiger partial charge in [-0.05, 0) is 12.1 Å². The van der Waals surface area contributed by atoms with Crippen LogP contribution in [0.15, 0.2) is 37.1 Å². The normalized spacial score (nSPS) is 14.4. The number of rotatable bonds is 1. The van der Waals surface area contributed by atoms with Crippen molar-refractivity contribution in [2.45, 2.75) is 0 Å². The van der Waals surface area contributed by atoms with E-state index in [1.807, 2.05) is 12.1 Å². The highest BCUT2D eigenvalue weighted by Crippen LogP contribution is 2.00. The van der Waals surface area contributed by atoms with Crippen LogP contribution in [-0.2, 0) is 9.31 Å². The molecule has 1 aliphatic rings. The number of pyridine rings is 1. The summed E-state index contributed by atoms with van der Waals surface area (Å²) in [5.41, 5.74) is 0.977. The van der Waals surface area contributed by atoms with E-state index in [-0.39, 0.29) is 7.12 Å². The maximum Gasteiger partial charge on any atom is 0.632 e. The summed E-state index contributed by atoms with van der Waals surface area (Å²) in [6, 6.07) is 3.72. The van der Waals surface area contributed by atoms with Gasteiger partial charge in [0, 0.05) is 17.9 Å². The van der Waals surface area contributed by atoms with Crippen LogP contribution in [0.1, 0.15) is 0 Å². The monoisotopic (exact) mass is 147 g/mol. The molecule has 1 aromatic rings. The molecule has 0 fully saturated rings. The van der Waals surface area contributed by atoms with Gasteiger partial charge >= 0.3 is 7.12 Å². The molecule has 0 saturated carbocycles. The fourth-order valence-electron chi connectivity index (χ4n) is 0.917. The second kappa shape index (κ2) is 2.66. The van der Waals surface area contributed by atoms with Crippen molar-refractivity contribution < 1.29 is 9.31 Å². The summed E-state index contributed by atoms with van der Waals surface area (Å²) >= 11 is 0. The topological polar surface area (TPSA) is 31.4 Å². The lowest BCUT2D eigenvalue weighted by atomic mass is 9.80. The SMILES string of the molecule is C1=COB(c2ccncc2)O1. The Morgan fingerprint density at radius 2 is 1.73 bits per heavy atom. The molecule has 54 valence electrons. The molecular weight excluding hydrogens is 141 g/mol. The smallest absolute Gasteiger partial charge is 0.525 e. The Bertz CT molecular complexity index is 254. The molecule has 11 heavy (non-hydrogen) atoms. The van der Waals surface area contributed by atoms with Crippen LogP contribution >= 0.6 is 0 Å². The molecule has 0 radical (unpaired) electrons. The lowest BCUT2D eigenvalue weighted by molar-refractivity contribution is 0.423. The third kappa shape index (κ3) is 1.19. The molecule has 1 aromatic heterocycles. The maximum absolute atomic E-state index is 5.11. The van der Waals surface area contributed by atoms with Gasteiger partial charge in [-0.1, -0.05) is 0 Å². The highest BCUT2D eigenvalue weighted by atomic mass is 16.6. The molecule has 0 N–H and O–H groups in total. The first-order valence-corrected chi connectivity index (χ1v) is 3.33. The molecule has 2 heterocycles. The summed E-state index contributed by atoms with van der Waals surface area (Å²) in [5.74, 6) is 0. The molecule has 0 amide bonds. The van der Waals surface area contributed by atoms with Crippen molar-refractivity contribution in [1.29, 1.82) is 0 Å². The Hall–Kier alpha value is -1.45. The van der Waals surface area contributed by atoms with Gasteiger partial charge in [0.05, 0.1) is 12.5 Å². The molecule has 0 saturated heterocycles. The highest BCUT2D eigenvalue weighted by Gasteiger charge is 2.25. The summed E-state index contributed by atoms with van der Waals surface area (Å²) < 4.78 is 10.2. The molecule has 0 unspecified atom stereocenters. The fraction of sp³-hybridized carbons (Fsp3) is 0. The van der Waals surface area contributed by atoms with E-state index in [0.29, 0.717) is 0 Å². The van der Waals surface area contributed by atoms with E-state index >= 15 is 0 Å². The summed E-state index contributed by atoms with van der Waals surface area (Å²) in [6.45, 7) is 0. The number of hydrogen-bond donors (Lipinski definition) is 0. The Balaban J connectivity index is 2.17.